The lowest BCUT2D eigenvalue weighted by atomic mass is 9.35. The van der Waals surface area contributed by atoms with Gasteiger partial charge in [-0.1, -0.05) is 139 Å². The Morgan fingerprint density at radius 2 is 1.05 bits per heavy atom. The average Bonchev–Trinajstić information content (AvgIpc) is 3.03. The molecule has 0 fully saturated rings. The van der Waals surface area contributed by atoms with Crippen LogP contribution in [0.1, 0.15) is 0 Å². The molecule has 0 radical (unpaired) electrons. The van der Waals surface area contributed by atoms with Crippen LogP contribution in [0.5, 0.6) is 0 Å². The third-order valence-electron chi connectivity index (χ3n) is 8.99. The van der Waals surface area contributed by atoms with Gasteiger partial charge in [-0.25, -0.2) is 0 Å². The molecule has 0 unspecified atom stereocenters. The van der Waals surface area contributed by atoms with Crippen LogP contribution in [0, 0.1) is 0 Å². The van der Waals surface area contributed by atoms with Gasteiger partial charge in [-0.2, -0.15) is 0 Å². The normalized spacial score (nSPS) is 15.0. The van der Waals surface area contributed by atoms with E-state index in [1.807, 2.05) is 11.8 Å². The molecule has 0 N–H and O–H groups in total. The molecule has 6 aromatic carbocycles. The van der Waals surface area contributed by atoms with Crippen LogP contribution in [-0.4, -0.2) is 14.8 Å². The SMILES string of the molecule is c1ccc([Si]2(c3ccccc3)c3ccccc3N3c4cccc5c4B(c4ccccc4S5)c4cccc2c43)cc1. The predicted molar refractivity (Wildman–Crippen MR) is 174 cm³/mol. The quantitative estimate of drug-likeness (QED) is 0.303. The highest BCUT2D eigenvalue weighted by molar-refractivity contribution is 8.00. The van der Waals surface area contributed by atoms with Crippen molar-refractivity contribution in [2.75, 3.05) is 4.90 Å². The van der Waals surface area contributed by atoms with Gasteiger partial charge in [-0.3, -0.25) is 0 Å². The molecule has 9 rings (SSSR count). The lowest BCUT2D eigenvalue weighted by Gasteiger charge is -2.49. The van der Waals surface area contributed by atoms with E-state index in [-0.39, 0.29) is 6.71 Å². The second-order valence-corrected chi connectivity index (χ2v) is 15.7. The van der Waals surface area contributed by atoms with Crippen LogP contribution in [0.3, 0.4) is 0 Å². The van der Waals surface area contributed by atoms with Gasteiger partial charge in [-0.15, -0.1) is 0 Å². The lowest BCUT2D eigenvalue weighted by Crippen LogP contribution is -2.78. The van der Waals surface area contributed by atoms with Gasteiger partial charge in [0.1, 0.15) is 0 Å². The molecule has 186 valence electrons. The largest absolute Gasteiger partial charge is 0.312 e. The zero-order chi connectivity index (χ0) is 26.3. The number of fused-ring (bicyclic) bond motifs is 6. The van der Waals surface area contributed by atoms with Crippen molar-refractivity contribution >= 4 is 80.7 Å². The molecule has 1 nitrogen and oxygen atoms in total. The molecule has 0 bridgehead atoms. The number of para-hydroxylation sites is 2. The summed E-state index contributed by atoms with van der Waals surface area (Å²) in [5.74, 6) is 0. The van der Waals surface area contributed by atoms with Crippen LogP contribution in [0.4, 0.5) is 17.1 Å². The van der Waals surface area contributed by atoms with Gasteiger partial charge in [0, 0.05) is 26.9 Å². The Balaban J connectivity index is 1.47. The first kappa shape index (κ1) is 22.6. The van der Waals surface area contributed by atoms with Crippen molar-refractivity contribution in [3.05, 3.63) is 146 Å². The smallest absolute Gasteiger partial charge is 0.249 e. The molecule has 0 amide bonds. The minimum atomic E-state index is -2.63. The van der Waals surface area contributed by atoms with Gasteiger partial charge in [0.2, 0.25) is 6.71 Å². The average molecular weight is 542 g/mol. The van der Waals surface area contributed by atoms with E-state index in [1.54, 1.807) is 0 Å². The standard InChI is InChI=1S/C36H24BNSSi/c1-3-13-25(14-4-1)40(26-15-5-2-6-16-26)33-23-10-8-19-29(33)38-30-20-12-22-32-35(30)37(27-17-7-9-21-31(27)39-32)28-18-11-24-34(40)36(28)38/h1-24H. The van der Waals surface area contributed by atoms with Crippen LogP contribution < -0.4 is 42.0 Å². The summed E-state index contributed by atoms with van der Waals surface area (Å²) in [7, 11) is -2.63. The lowest BCUT2D eigenvalue weighted by molar-refractivity contribution is 1.27. The van der Waals surface area contributed by atoms with E-state index in [1.165, 1.54) is 64.0 Å². The molecule has 0 aliphatic carbocycles. The number of hydrogen-bond acceptors (Lipinski definition) is 2. The van der Waals surface area contributed by atoms with E-state index >= 15 is 0 Å². The fraction of sp³-hybridized carbons (Fsp3) is 0. The maximum atomic E-state index is 2.60. The van der Waals surface area contributed by atoms with Gasteiger partial charge >= 0.3 is 0 Å². The van der Waals surface area contributed by atoms with Crippen LogP contribution in [0.2, 0.25) is 0 Å². The van der Waals surface area contributed by atoms with E-state index in [0.29, 0.717) is 0 Å². The molecule has 0 saturated carbocycles. The summed E-state index contributed by atoms with van der Waals surface area (Å²) in [6.07, 6.45) is 0. The molecule has 0 atom stereocenters. The molecule has 0 aromatic heterocycles. The van der Waals surface area contributed by atoms with Crippen LogP contribution >= 0.6 is 11.8 Å². The Morgan fingerprint density at radius 1 is 0.475 bits per heavy atom. The molecule has 4 heteroatoms. The number of hydrogen-bond donors (Lipinski definition) is 0. The van der Waals surface area contributed by atoms with Crippen molar-refractivity contribution in [2.24, 2.45) is 0 Å². The molecular formula is C36H24BNSSi. The molecule has 0 saturated heterocycles. The Hall–Kier alpha value is -4.25. The van der Waals surface area contributed by atoms with Crippen molar-refractivity contribution in [2.45, 2.75) is 9.79 Å². The van der Waals surface area contributed by atoms with Crippen LogP contribution in [-0.2, 0) is 0 Å². The number of anilines is 3. The van der Waals surface area contributed by atoms with E-state index in [2.05, 4.69) is 150 Å². The van der Waals surface area contributed by atoms with Gasteiger partial charge < -0.3 is 4.90 Å². The monoisotopic (exact) mass is 541 g/mol. The van der Waals surface area contributed by atoms with Crippen LogP contribution in [0.15, 0.2) is 155 Å². The summed E-state index contributed by atoms with van der Waals surface area (Å²) in [4.78, 5) is 5.34. The molecule has 0 spiro atoms. The zero-order valence-electron chi connectivity index (χ0n) is 21.8. The minimum absolute atomic E-state index is 0.221. The summed E-state index contributed by atoms with van der Waals surface area (Å²) in [6, 6.07) is 54.9. The van der Waals surface area contributed by atoms with Crippen molar-refractivity contribution in [3.63, 3.8) is 0 Å². The minimum Gasteiger partial charge on any atom is -0.312 e. The van der Waals surface area contributed by atoms with Gasteiger partial charge in [0.25, 0.3) is 0 Å². The summed E-state index contributed by atoms with van der Waals surface area (Å²) < 4.78 is 0. The number of nitrogens with zero attached hydrogens (tertiary/aromatic N) is 1. The first-order valence-corrected chi connectivity index (χ1v) is 16.7. The molecule has 3 heterocycles. The van der Waals surface area contributed by atoms with Crippen molar-refractivity contribution in [1.29, 1.82) is 0 Å². The fourth-order valence-corrected chi connectivity index (χ4v) is 13.8. The van der Waals surface area contributed by atoms with Crippen molar-refractivity contribution in [3.8, 4) is 0 Å². The van der Waals surface area contributed by atoms with Crippen molar-refractivity contribution < 1.29 is 0 Å². The summed E-state index contributed by atoms with van der Waals surface area (Å²) in [5, 5.41) is 5.80. The molecular weight excluding hydrogens is 517 g/mol. The molecule has 3 aliphatic heterocycles. The van der Waals surface area contributed by atoms with Gasteiger partial charge in [-0.05, 0) is 55.9 Å². The second-order valence-electron chi connectivity index (χ2n) is 10.8. The number of rotatable bonds is 2. The summed E-state index contributed by atoms with van der Waals surface area (Å²) >= 11 is 1.92. The summed E-state index contributed by atoms with van der Waals surface area (Å²) in [6.45, 7) is 0.221. The second kappa shape index (κ2) is 8.38. The molecule has 6 aromatic rings. The van der Waals surface area contributed by atoms with E-state index < -0.39 is 8.07 Å². The third-order valence-corrected chi connectivity index (χ3v) is 15.0. The van der Waals surface area contributed by atoms with Crippen LogP contribution in [0.25, 0.3) is 0 Å². The van der Waals surface area contributed by atoms with E-state index in [9.17, 15) is 0 Å². The Morgan fingerprint density at radius 3 is 1.85 bits per heavy atom. The predicted octanol–water partition coefficient (Wildman–Crippen LogP) is 4.14. The summed E-state index contributed by atoms with van der Waals surface area (Å²) in [5.41, 5.74) is 8.31. The first-order chi connectivity index (χ1) is 19.9. The topological polar surface area (TPSA) is 3.24 Å². The Labute approximate surface area is 240 Å². The highest BCUT2D eigenvalue weighted by Crippen LogP contribution is 2.43. The Kier molecular flexibility index (Phi) is 4.72. The molecule has 3 aliphatic rings. The third kappa shape index (κ3) is 2.80. The maximum absolute atomic E-state index is 2.63. The first-order valence-electron chi connectivity index (χ1n) is 13.9. The van der Waals surface area contributed by atoms with E-state index in [0.717, 1.165) is 0 Å². The Bertz CT molecular complexity index is 1920. The zero-order valence-corrected chi connectivity index (χ0v) is 23.6. The fourth-order valence-electron chi connectivity index (χ4n) is 7.53. The van der Waals surface area contributed by atoms with Crippen molar-refractivity contribution in [1.82, 2.24) is 0 Å². The van der Waals surface area contributed by atoms with E-state index in [4.69, 9.17) is 0 Å². The van der Waals surface area contributed by atoms with Gasteiger partial charge in [0.15, 0.2) is 8.07 Å². The maximum Gasteiger partial charge on any atom is 0.249 e. The highest BCUT2D eigenvalue weighted by atomic mass is 32.2. The molecule has 40 heavy (non-hydrogen) atoms. The number of benzene rings is 6. The highest BCUT2D eigenvalue weighted by Gasteiger charge is 2.52. The van der Waals surface area contributed by atoms with Gasteiger partial charge in [0.05, 0.1) is 0 Å².